The molecule has 3 aromatic rings. The maximum Gasteiger partial charge on any atom is 0.310 e. The second kappa shape index (κ2) is 10.5. The van der Waals surface area contributed by atoms with Gasteiger partial charge in [0.05, 0.1) is 29.3 Å². The van der Waals surface area contributed by atoms with Gasteiger partial charge in [0.1, 0.15) is 17.5 Å². The van der Waals surface area contributed by atoms with Crippen LogP contribution in [0.2, 0.25) is 5.02 Å². The molecule has 0 atom stereocenters. The highest BCUT2D eigenvalue weighted by atomic mass is 35.5. The minimum absolute atomic E-state index is 0.0566. The molecule has 0 saturated carbocycles. The standard InChI is InChI=1S/C28H32ClF2N5O3/c1-16-11-21(35-34-16)33-25-17(2)22(27(3)14-39-15-27)24(31)20(32-25)12-28(26(37)38)7-9-36(10-8-28)13-18-5-4-6-19(29)23(18)30/h4-6,11H,7-10,12-15H2,1-3H3,(H,37,38)(H2,32,33,34,35). The van der Waals surface area contributed by atoms with Crippen LogP contribution in [0.5, 0.6) is 0 Å². The Morgan fingerprint density at radius 2 is 1.95 bits per heavy atom. The highest BCUT2D eigenvalue weighted by Gasteiger charge is 2.45. The fraction of sp³-hybridized carbons (Fsp3) is 0.464. The summed E-state index contributed by atoms with van der Waals surface area (Å²) in [5.41, 5.74) is 0.808. The van der Waals surface area contributed by atoms with Crippen molar-refractivity contribution in [2.75, 3.05) is 31.6 Å². The molecule has 4 heterocycles. The summed E-state index contributed by atoms with van der Waals surface area (Å²) < 4.78 is 36.1. The highest BCUT2D eigenvalue weighted by molar-refractivity contribution is 6.30. The van der Waals surface area contributed by atoms with Crippen LogP contribution >= 0.6 is 11.6 Å². The second-order valence-electron chi connectivity index (χ2n) is 11.1. The molecule has 0 radical (unpaired) electrons. The number of carboxylic acid groups (broad SMARTS) is 1. The largest absolute Gasteiger partial charge is 0.481 e. The van der Waals surface area contributed by atoms with Gasteiger partial charge in [-0.15, -0.1) is 0 Å². The number of aryl methyl sites for hydroxylation is 1. The first-order valence-electron chi connectivity index (χ1n) is 13.0. The van der Waals surface area contributed by atoms with E-state index >= 15 is 4.39 Å². The van der Waals surface area contributed by atoms with Crippen molar-refractivity contribution in [1.82, 2.24) is 20.1 Å². The predicted octanol–water partition coefficient (Wildman–Crippen LogP) is 5.29. The number of aromatic amines is 1. The van der Waals surface area contributed by atoms with E-state index in [1.165, 1.54) is 6.07 Å². The maximum atomic E-state index is 16.2. The van der Waals surface area contributed by atoms with Gasteiger partial charge in [0.25, 0.3) is 0 Å². The third-order valence-electron chi connectivity index (χ3n) is 8.05. The number of aliphatic carboxylic acids is 1. The summed E-state index contributed by atoms with van der Waals surface area (Å²) in [4.78, 5) is 19.3. The van der Waals surface area contributed by atoms with Gasteiger partial charge in [-0.2, -0.15) is 5.10 Å². The molecule has 3 N–H and O–H groups in total. The first-order valence-corrected chi connectivity index (χ1v) is 13.3. The van der Waals surface area contributed by atoms with Crippen LogP contribution in [0.25, 0.3) is 0 Å². The Bertz CT molecular complexity index is 1400. The van der Waals surface area contributed by atoms with Gasteiger partial charge in [0.15, 0.2) is 5.82 Å². The molecule has 2 saturated heterocycles. The Morgan fingerprint density at radius 1 is 1.23 bits per heavy atom. The van der Waals surface area contributed by atoms with Crippen LogP contribution in [-0.2, 0) is 27.9 Å². The van der Waals surface area contributed by atoms with Crippen molar-refractivity contribution in [3.05, 3.63) is 69.0 Å². The van der Waals surface area contributed by atoms with Gasteiger partial charge in [0.2, 0.25) is 0 Å². The zero-order valence-corrected chi connectivity index (χ0v) is 23.0. The van der Waals surface area contributed by atoms with E-state index in [4.69, 9.17) is 16.3 Å². The number of carboxylic acids is 1. The number of H-pyrrole nitrogens is 1. The fourth-order valence-corrected chi connectivity index (χ4v) is 5.84. The summed E-state index contributed by atoms with van der Waals surface area (Å²) in [6, 6.07) is 6.68. The summed E-state index contributed by atoms with van der Waals surface area (Å²) >= 11 is 5.93. The number of nitrogens with zero attached hydrogens (tertiary/aromatic N) is 3. The number of halogens is 3. The summed E-state index contributed by atoms with van der Waals surface area (Å²) in [6.07, 6.45) is 0.485. The molecule has 5 rings (SSSR count). The molecule has 1 aromatic carbocycles. The van der Waals surface area contributed by atoms with E-state index in [2.05, 4.69) is 20.5 Å². The molecule has 2 aliphatic rings. The molecule has 0 unspecified atom stereocenters. The monoisotopic (exact) mass is 559 g/mol. The molecule has 0 bridgehead atoms. The minimum atomic E-state index is -1.21. The fourth-order valence-electron chi connectivity index (χ4n) is 5.65. The lowest BCUT2D eigenvalue weighted by Crippen LogP contribution is -2.47. The Morgan fingerprint density at radius 3 is 2.54 bits per heavy atom. The predicted molar refractivity (Wildman–Crippen MR) is 143 cm³/mol. The van der Waals surface area contributed by atoms with E-state index in [0.717, 1.165) is 5.69 Å². The molecule has 39 heavy (non-hydrogen) atoms. The molecule has 2 aromatic heterocycles. The van der Waals surface area contributed by atoms with Crippen LogP contribution < -0.4 is 5.32 Å². The number of piperidine rings is 1. The van der Waals surface area contributed by atoms with Crippen LogP contribution in [0, 0.1) is 30.9 Å². The van der Waals surface area contributed by atoms with Crippen molar-refractivity contribution >= 4 is 29.2 Å². The van der Waals surface area contributed by atoms with Gasteiger partial charge < -0.3 is 15.2 Å². The summed E-state index contributed by atoms with van der Waals surface area (Å²) in [5.74, 6) is -0.957. The van der Waals surface area contributed by atoms with Crippen molar-refractivity contribution in [3.8, 4) is 0 Å². The third-order valence-corrected chi connectivity index (χ3v) is 8.34. The van der Waals surface area contributed by atoms with E-state index in [-0.39, 0.29) is 30.0 Å². The lowest BCUT2D eigenvalue weighted by molar-refractivity contribution is -0.152. The van der Waals surface area contributed by atoms with Gasteiger partial charge in [-0.3, -0.25) is 14.8 Å². The number of rotatable bonds is 8. The molecule has 8 nitrogen and oxygen atoms in total. The number of nitrogens with one attached hydrogen (secondary N) is 2. The van der Waals surface area contributed by atoms with Gasteiger partial charge in [0, 0.05) is 41.3 Å². The topological polar surface area (TPSA) is 103 Å². The number of pyridine rings is 1. The number of ether oxygens (including phenoxy) is 1. The zero-order valence-electron chi connectivity index (χ0n) is 22.2. The van der Waals surface area contributed by atoms with E-state index in [1.807, 2.05) is 24.8 Å². The Balaban J connectivity index is 1.43. The van der Waals surface area contributed by atoms with Gasteiger partial charge >= 0.3 is 5.97 Å². The maximum absolute atomic E-state index is 16.2. The van der Waals surface area contributed by atoms with Gasteiger partial charge in [-0.05, 0) is 51.4 Å². The highest BCUT2D eigenvalue weighted by Crippen LogP contribution is 2.42. The smallest absolute Gasteiger partial charge is 0.310 e. The third kappa shape index (κ3) is 5.25. The molecule has 2 aliphatic heterocycles. The summed E-state index contributed by atoms with van der Waals surface area (Å²) in [7, 11) is 0. The van der Waals surface area contributed by atoms with Crippen molar-refractivity contribution in [2.45, 2.75) is 52.0 Å². The zero-order chi connectivity index (χ0) is 27.9. The Kier molecular flexibility index (Phi) is 7.39. The number of anilines is 2. The van der Waals surface area contributed by atoms with E-state index in [9.17, 15) is 14.3 Å². The number of carbonyl (C=O) groups is 1. The number of likely N-dealkylation sites (tertiary alicyclic amines) is 1. The number of hydrogen-bond acceptors (Lipinski definition) is 6. The number of benzene rings is 1. The Hall–Kier alpha value is -3.08. The average Bonchev–Trinajstić information content (AvgIpc) is 3.29. The SMILES string of the molecule is Cc1cc(Nc2nc(CC3(C(=O)O)CCN(Cc4cccc(Cl)c4F)CC3)c(F)c(C3(C)COC3)c2C)n[nH]1. The van der Waals surface area contributed by atoms with Gasteiger partial charge in [-0.25, -0.2) is 13.8 Å². The van der Waals surface area contributed by atoms with E-state index in [0.29, 0.717) is 61.2 Å². The minimum Gasteiger partial charge on any atom is -0.481 e. The van der Waals surface area contributed by atoms with Crippen LogP contribution in [0.15, 0.2) is 24.3 Å². The summed E-state index contributed by atoms with van der Waals surface area (Å²) in [6.45, 7) is 7.51. The van der Waals surface area contributed by atoms with Crippen LogP contribution in [0.3, 0.4) is 0 Å². The average molecular weight is 560 g/mol. The molecule has 0 aliphatic carbocycles. The van der Waals surface area contributed by atoms with Crippen LogP contribution in [0.4, 0.5) is 20.4 Å². The van der Waals surface area contributed by atoms with Crippen molar-refractivity contribution < 1.29 is 23.4 Å². The quantitative estimate of drug-likeness (QED) is 0.344. The molecule has 11 heteroatoms. The molecular weight excluding hydrogens is 528 g/mol. The number of aromatic nitrogens is 3. The van der Waals surface area contributed by atoms with E-state index < -0.39 is 28.4 Å². The lowest BCUT2D eigenvalue weighted by atomic mass is 9.73. The number of hydrogen-bond donors (Lipinski definition) is 3. The van der Waals surface area contributed by atoms with Crippen molar-refractivity contribution in [3.63, 3.8) is 0 Å². The molecule has 208 valence electrons. The normalized spacial score (nSPS) is 18.5. The van der Waals surface area contributed by atoms with Crippen LogP contribution in [0.1, 0.15) is 47.8 Å². The first-order chi connectivity index (χ1) is 18.5. The molecular formula is C28H32ClF2N5O3. The second-order valence-corrected chi connectivity index (χ2v) is 11.5. The first kappa shape index (κ1) is 27.5. The molecule has 0 spiro atoms. The molecule has 2 fully saturated rings. The van der Waals surface area contributed by atoms with E-state index in [1.54, 1.807) is 19.1 Å². The van der Waals surface area contributed by atoms with Crippen LogP contribution in [-0.4, -0.2) is 57.5 Å². The van der Waals surface area contributed by atoms with Crippen molar-refractivity contribution in [1.29, 1.82) is 0 Å². The lowest BCUT2D eigenvalue weighted by Gasteiger charge is -2.41. The van der Waals surface area contributed by atoms with Gasteiger partial charge in [-0.1, -0.05) is 30.7 Å². The summed E-state index contributed by atoms with van der Waals surface area (Å²) in [5, 5.41) is 20.7. The molecule has 0 amide bonds. The Labute approximate surface area is 230 Å². The van der Waals surface area contributed by atoms with Crippen molar-refractivity contribution in [2.24, 2.45) is 5.41 Å².